The van der Waals surface area contributed by atoms with Gasteiger partial charge in [-0.3, -0.25) is 13.9 Å². The smallest absolute Gasteiger partial charge is 0.331 e. The Morgan fingerprint density at radius 3 is 2.41 bits per heavy atom. The number of hydrogen-bond acceptors (Lipinski definition) is 3. The zero-order valence-electron chi connectivity index (χ0n) is 16.6. The average Bonchev–Trinajstić information content (AvgIpc) is 3.45. The van der Waals surface area contributed by atoms with Crippen molar-refractivity contribution in [3.63, 3.8) is 0 Å². The molecular weight excluding hydrogens is 366 g/mol. The van der Waals surface area contributed by atoms with Crippen LogP contribution in [0.5, 0.6) is 5.88 Å². The van der Waals surface area contributed by atoms with Gasteiger partial charge in [0.25, 0.3) is 5.91 Å². The van der Waals surface area contributed by atoms with Gasteiger partial charge >= 0.3 is 5.69 Å². The van der Waals surface area contributed by atoms with Gasteiger partial charge in [-0.15, -0.1) is 0 Å². The van der Waals surface area contributed by atoms with Gasteiger partial charge in [-0.2, -0.15) is 0 Å². The summed E-state index contributed by atoms with van der Waals surface area (Å²) in [5.74, 6) is 0.133. The maximum Gasteiger partial charge on any atom is 0.331 e. The molecule has 0 unspecified atom stereocenters. The lowest BCUT2D eigenvalue weighted by molar-refractivity contribution is 0.0766. The van der Waals surface area contributed by atoms with Gasteiger partial charge in [0.2, 0.25) is 5.88 Å². The number of nitrogens with zero attached hydrogens (tertiary/aromatic N) is 3. The van der Waals surface area contributed by atoms with Crippen LogP contribution in [0, 0.1) is 6.92 Å². The highest BCUT2D eigenvalue weighted by Crippen LogP contribution is 2.37. The molecule has 1 aromatic heterocycles. The molecule has 1 amide bonds. The Kier molecular flexibility index (Phi) is 3.91. The predicted molar refractivity (Wildman–Crippen MR) is 110 cm³/mol. The first-order valence-electron chi connectivity index (χ1n) is 9.91. The van der Waals surface area contributed by atoms with Crippen molar-refractivity contribution in [2.75, 3.05) is 0 Å². The molecule has 0 saturated heterocycles. The van der Waals surface area contributed by atoms with E-state index in [1.807, 2.05) is 36.1 Å². The zero-order valence-corrected chi connectivity index (χ0v) is 16.6. The van der Waals surface area contributed by atoms with Crippen LogP contribution in [-0.4, -0.2) is 31.1 Å². The molecule has 1 N–H and O–H groups in total. The molecule has 5 rings (SSSR count). The first-order chi connectivity index (χ1) is 13.9. The minimum Gasteiger partial charge on any atom is -0.493 e. The first kappa shape index (κ1) is 17.8. The molecule has 2 aliphatic rings. The molecule has 0 bridgehead atoms. The molecule has 29 heavy (non-hydrogen) atoms. The zero-order chi connectivity index (χ0) is 20.3. The summed E-state index contributed by atoms with van der Waals surface area (Å²) in [5, 5.41) is 9.68. The summed E-state index contributed by atoms with van der Waals surface area (Å²) in [6, 6.07) is 12.7. The molecule has 148 valence electrons. The summed E-state index contributed by atoms with van der Waals surface area (Å²) in [5.41, 5.74) is 5.95. The molecule has 6 heteroatoms. The third kappa shape index (κ3) is 2.95. The van der Waals surface area contributed by atoms with Crippen molar-refractivity contribution in [2.24, 2.45) is 7.05 Å². The lowest BCUT2D eigenvalue weighted by Crippen LogP contribution is -2.26. The Morgan fingerprint density at radius 1 is 1.07 bits per heavy atom. The Labute approximate surface area is 168 Å². The van der Waals surface area contributed by atoms with Crippen molar-refractivity contribution in [2.45, 2.75) is 38.9 Å². The van der Waals surface area contributed by atoms with E-state index in [2.05, 4.69) is 12.1 Å². The molecule has 1 fully saturated rings. The highest BCUT2D eigenvalue weighted by atomic mass is 16.3. The average molecular weight is 389 g/mol. The van der Waals surface area contributed by atoms with Crippen LogP contribution in [0.4, 0.5) is 0 Å². The second-order valence-corrected chi connectivity index (χ2v) is 8.15. The van der Waals surface area contributed by atoms with Gasteiger partial charge in [-0.1, -0.05) is 30.3 Å². The van der Waals surface area contributed by atoms with E-state index in [0.29, 0.717) is 19.1 Å². The number of aryl methyl sites for hydroxylation is 1. The maximum atomic E-state index is 12.7. The van der Waals surface area contributed by atoms with Gasteiger partial charge in [0.1, 0.15) is 0 Å². The fourth-order valence-corrected chi connectivity index (χ4v) is 4.22. The van der Waals surface area contributed by atoms with E-state index < -0.39 is 0 Å². The highest BCUT2D eigenvalue weighted by molar-refractivity contribution is 6.00. The SMILES string of the molecule is Cc1cc(-c2ccc(Cn3cc(O)n(C)c3=O)cc2)cc2c1C(=O)N(C1CC1)C2. The van der Waals surface area contributed by atoms with Gasteiger partial charge in [-0.25, -0.2) is 4.79 Å². The Bertz CT molecular complexity index is 1180. The maximum absolute atomic E-state index is 12.7. The van der Waals surface area contributed by atoms with Gasteiger partial charge in [0, 0.05) is 25.2 Å². The highest BCUT2D eigenvalue weighted by Gasteiger charge is 2.39. The number of rotatable bonds is 4. The lowest BCUT2D eigenvalue weighted by atomic mass is 9.96. The molecule has 0 radical (unpaired) electrons. The van der Waals surface area contributed by atoms with E-state index in [0.717, 1.165) is 46.2 Å². The van der Waals surface area contributed by atoms with Crippen molar-refractivity contribution in [1.29, 1.82) is 0 Å². The second-order valence-electron chi connectivity index (χ2n) is 8.15. The monoisotopic (exact) mass is 389 g/mol. The van der Waals surface area contributed by atoms with Crippen molar-refractivity contribution in [3.8, 4) is 17.0 Å². The first-order valence-corrected chi connectivity index (χ1v) is 9.91. The van der Waals surface area contributed by atoms with Crippen molar-refractivity contribution in [1.82, 2.24) is 14.0 Å². The number of fused-ring (bicyclic) bond motifs is 1. The molecule has 2 aromatic carbocycles. The fourth-order valence-electron chi connectivity index (χ4n) is 4.22. The molecule has 2 heterocycles. The normalized spacial score (nSPS) is 15.8. The fraction of sp³-hybridized carbons (Fsp3) is 0.304. The molecule has 1 saturated carbocycles. The van der Waals surface area contributed by atoms with E-state index in [9.17, 15) is 14.7 Å². The van der Waals surface area contributed by atoms with Gasteiger partial charge in [-0.05, 0) is 53.6 Å². The number of amides is 1. The number of imidazole rings is 1. The van der Waals surface area contributed by atoms with Crippen molar-refractivity contribution in [3.05, 3.63) is 75.3 Å². The minimum atomic E-state index is -0.245. The van der Waals surface area contributed by atoms with Crippen LogP contribution in [-0.2, 0) is 20.1 Å². The standard InChI is InChI=1S/C23H23N3O3/c1-14-9-17(10-18-12-26(19-7-8-19)22(28)21(14)18)16-5-3-15(4-6-16)11-25-13-20(27)24(2)23(25)29/h3-6,9-10,13,19,27H,7-8,11-12H2,1-2H3. The molecule has 0 atom stereocenters. The Hall–Kier alpha value is -3.28. The van der Waals surface area contributed by atoms with Gasteiger partial charge < -0.3 is 10.0 Å². The summed E-state index contributed by atoms with van der Waals surface area (Å²) in [4.78, 5) is 26.8. The number of aromatic nitrogens is 2. The molecule has 3 aromatic rings. The summed E-state index contributed by atoms with van der Waals surface area (Å²) in [6.45, 7) is 3.13. The third-order valence-corrected chi connectivity index (χ3v) is 6.01. The van der Waals surface area contributed by atoms with Gasteiger partial charge in [0.15, 0.2) is 0 Å². The largest absolute Gasteiger partial charge is 0.493 e. The predicted octanol–water partition coefficient (Wildman–Crippen LogP) is 3.03. The van der Waals surface area contributed by atoms with Crippen molar-refractivity contribution < 1.29 is 9.90 Å². The third-order valence-electron chi connectivity index (χ3n) is 6.01. The van der Waals surface area contributed by atoms with Crippen LogP contribution in [0.2, 0.25) is 0 Å². The molecule has 1 aliphatic carbocycles. The topological polar surface area (TPSA) is 67.5 Å². The number of carbonyl (C=O) groups excluding carboxylic acids is 1. The molecule has 1 aliphatic heterocycles. The van der Waals surface area contributed by atoms with E-state index in [-0.39, 0.29) is 17.5 Å². The van der Waals surface area contributed by atoms with Gasteiger partial charge in [0.05, 0.1) is 12.7 Å². The van der Waals surface area contributed by atoms with E-state index in [4.69, 9.17) is 0 Å². The second kappa shape index (κ2) is 6.37. The molecule has 0 spiro atoms. The van der Waals surface area contributed by atoms with Crippen LogP contribution >= 0.6 is 0 Å². The molecular formula is C23H23N3O3. The lowest BCUT2D eigenvalue weighted by Gasteiger charge is -2.13. The summed E-state index contributed by atoms with van der Waals surface area (Å²) >= 11 is 0. The number of carbonyl (C=O) groups is 1. The van der Waals surface area contributed by atoms with Crippen LogP contribution in [0.3, 0.4) is 0 Å². The van der Waals surface area contributed by atoms with E-state index >= 15 is 0 Å². The van der Waals surface area contributed by atoms with Crippen LogP contribution in [0.15, 0.2) is 47.4 Å². The molecule has 6 nitrogen and oxygen atoms in total. The quantitative estimate of drug-likeness (QED) is 0.746. The summed E-state index contributed by atoms with van der Waals surface area (Å²) in [6.07, 6.45) is 3.69. The Morgan fingerprint density at radius 2 is 1.79 bits per heavy atom. The van der Waals surface area contributed by atoms with Crippen LogP contribution in [0.25, 0.3) is 11.1 Å². The van der Waals surface area contributed by atoms with Crippen LogP contribution in [0.1, 0.15) is 39.9 Å². The number of aromatic hydroxyl groups is 1. The summed E-state index contributed by atoms with van der Waals surface area (Å²) in [7, 11) is 1.54. The van der Waals surface area contributed by atoms with Crippen molar-refractivity contribution >= 4 is 5.91 Å². The summed E-state index contributed by atoms with van der Waals surface area (Å²) < 4.78 is 2.70. The van der Waals surface area contributed by atoms with E-state index in [1.165, 1.54) is 15.3 Å². The Balaban J connectivity index is 1.41. The number of hydrogen-bond donors (Lipinski definition) is 1. The van der Waals surface area contributed by atoms with E-state index in [1.54, 1.807) is 7.05 Å². The number of benzene rings is 2. The minimum absolute atomic E-state index is 0.0463. The van der Waals surface area contributed by atoms with Crippen LogP contribution < -0.4 is 5.69 Å².